The Bertz CT molecular complexity index is 470. The van der Waals surface area contributed by atoms with Crippen molar-refractivity contribution in [3.8, 4) is 5.88 Å². The molecule has 0 saturated heterocycles. The van der Waals surface area contributed by atoms with E-state index in [-0.39, 0.29) is 6.04 Å². The zero-order valence-electron chi connectivity index (χ0n) is 10.6. The number of aromatic nitrogens is 2. The van der Waals surface area contributed by atoms with Gasteiger partial charge < -0.3 is 10.1 Å². The molecule has 0 bridgehead atoms. The van der Waals surface area contributed by atoms with Gasteiger partial charge >= 0.3 is 0 Å². The molecule has 0 aliphatic rings. The van der Waals surface area contributed by atoms with Crippen molar-refractivity contribution in [3.63, 3.8) is 0 Å². The third kappa shape index (κ3) is 3.28. The highest BCUT2D eigenvalue weighted by atomic mass is 16.5. The zero-order chi connectivity index (χ0) is 12.8. The van der Waals surface area contributed by atoms with Crippen LogP contribution in [0.5, 0.6) is 5.88 Å². The maximum absolute atomic E-state index is 5.02. The van der Waals surface area contributed by atoms with E-state index in [2.05, 4.69) is 28.3 Å². The van der Waals surface area contributed by atoms with Crippen LogP contribution in [0.4, 0.5) is 0 Å². The van der Waals surface area contributed by atoms with Crippen LogP contribution >= 0.6 is 0 Å². The van der Waals surface area contributed by atoms with Gasteiger partial charge in [0.2, 0.25) is 5.88 Å². The van der Waals surface area contributed by atoms with Gasteiger partial charge in [0.25, 0.3) is 0 Å². The molecular formula is C14H17N3O. The summed E-state index contributed by atoms with van der Waals surface area (Å²) in [5.41, 5.74) is 2.31. The fourth-order valence-corrected chi connectivity index (χ4v) is 1.66. The average molecular weight is 243 g/mol. The molecule has 0 aliphatic heterocycles. The van der Waals surface area contributed by atoms with Gasteiger partial charge in [-0.2, -0.15) is 0 Å². The number of rotatable bonds is 5. The maximum Gasteiger partial charge on any atom is 0.212 e. The van der Waals surface area contributed by atoms with Crippen LogP contribution in [0, 0.1) is 0 Å². The summed E-state index contributed by atoms with van der Waals surface area (Å²) in [7, 11) is 1.62. The second kappa shape index (κ2) is 6.12. The lowest BCUT2D eigenvalue weighted by Gasteiger charge is -2.13. The topological polar surface area (TPSA) is 47.0 Å². The minimum atomic E-state index is 0.265. The Morgan fingerprint density at radius 2 is 2.17 bits per heavy atom. The molecule has 0 amide bonds. The normalized spacial score (nSPS) is 12.1. The largest absolute Gasteiger partial charge is 0.481 e. The van der Waals surface area contributed by atoms with Gasteiger partial charge in [0, 0.05) is 37.2 Å². The predicted octanol–water partition coefficient (Wildman–Crippen LogP) is 2.34. The molecule has 0 fully saturated rings. The van der Waals surface area contributed by atoms with E-state index >= 15 is 0 Å². The molecule has 0 saturated carbocycles. The molecule has 2 aromatic heterocycles. The minimum Gasteiger partial charge on any atom is -0.481 e. The van der Waals surface area contributed by atoms with Gasteiger partial charge in [-0.3, -0.25) is 4.98 Å². The van der Waals surface area contributed by atoms with E-state index in [4.69, 9.17) is 4.74 Å². The molecule has 1 atom stereocenters. The van der Waals surface area contributed by atoms with Crippen LogP contribution in [-0.4, -0.2) is 17.1 Å². The number of hydrogen-bond donors (Lipinski definition) is 1. The first-order valence-electron chi connectivity index (χ1n) is 5.92. The fourth-order valence-electron chi connectivity index (χ4n) is 1.66. The first-order valence-corrected chi connectivity index (χ1v) is 5.92. The van der Waals surface area contributed by atoms with Gasteiger partial charge in [0.1, 0.15) is 0 Å². The molecule has 18 heavy (non-hydrogen) atoms. The molecule has 0 aliphatic carbocycles. The van der Waals surface area contributed by atoms with Crippen molar-refractivity contribution < 1.29 is 4.74 Å². The van der Waals surface area contributed by atoms with Gasteiger partial charge in [0.05, 0.1) is 7.11 Å². The van der Waals surface area contributed by atoms with E-state index in [1.165, 1.54) is 5.56 Å². The van der Waals surface area contributed by atoms with Crippen LogP contribution in [-0.2, 0) is 6.54 Å². The standard InChI is InChI=1S/C14H17N3O/c1-11(13-4-3-7-15-10-13)16-8-12-5-6-14(18-2)17-9-12/h3-7,9-11,16H,8H2,1-2H3/t11-/m1/s1. The first kappa shape index (κ1) is 12.5. The first-order chi connectivity index (χ1) is 8.79. The van der Waals surface area contributed by atoms with Crippen molar-refractivity contribution in [2.75, 3.05) is 7.11 Å². The summed E-state index contributed by atoms with van der Waals surface area (Å²) in [6, 6.07) is 8.15. The lowest BCUT2D eigenvalue weighted by molar-refractivity contribution is 0.397. The number of nitrogens with one attached hydrogen (secondary N) is 1. The average Bonchev–Trinajstić information content (AvgIpc) is 2.46. The van der Waals surface area contributed by atoms with Crippen LogP contribution in [0.3, 0.4) is 0 Å². The molecule has 94 valence electrons. The second-order valence-electron chi connectivity index (χ2n) is 4.10. The molecule has 0 spiro atoms. The molecule has 4 nitrogen and oxygen atoms in total. The molecule has 2 rings (SSSR count). The Morgan fingerprint density at radius 1 is 1.28 bits per heavy atom. The van der Waals surface area contributed by atoms with E-state index in [0.29, 0.717) is 5.88 Å². The van der Waals surface area contributed by atoms with Crippen LogP contribution in [0.25, 0.3) is 0 Å². The lowest BCUT2D eigenvalue weighted by Crippen LogP contribution is -2.18. The van der Waals surface area contributed by atoms with Gasteiger partial charge in [-0.05, 0) is 24.1 Å². The molecular weight excluding hydrogens is 226 g/mol. The van der Waals surface area contributed by atoms with Crippen LogP contribution < -0.4 is 10.1 Å². The van der Waals surface area contributed by atoms with Gasteiger partial charge in [-0.15, -0.1) is 0 Å². The van der Waals surface area contributed by atoms with Crippen LogP contribution in [0.2, 0.25) is 0 Å². The fraction of sp³-hybridized carbons (Fsp3) is 0.286. The van der Waals surface area contributed by atoms with Crippen molar-refractivity contribution in [2.24, 2.45) is 0 Å². The Kier molecular flexibility index (Phi) is 4.25. The Morgan fingerprint density at radius 3 is 2.78 bits per heavy atom. The van der Waals surface area contributed by atoms with E-state index < -0.39 is 0 Å². The summed E-state index contributed by atoms with van der Waals surface area (Å²) >= 11 is 0. The lowest BCUT2D eigenvalue weighted by atomic mass is 10.1. The van der Waals surface area contributed by atoms with E-state index in [1.807, 2.05) is 30.6 Å². The third-order valence-corrected chi connectivity index (χ3v) is 2.80. The summed E-state index contributed by atoms with van der Waals surface area (Å²) in [6.07, 6.45) is 5.48. The smallest absolute Gasteiger partial charge is 0.212 e. The van der Waals surface area contributed by atoms with Crippen molar-refractivity contribution >= 4 is 0 Å². The summed E-state index contributed by atoms with van der Waals surface area (Å²) in [6.45, 7) is 2.89. The monoisotopic (exact) mass is 243 g/mol. The molecule has 0 unspecified atom stereocenters. The Hall–Kier alpha value is -1.94. The highest BCUT2D eigenvalue weighted by Gasteiger charge is 2.04. The van der Waals surface area contributed by atoms with Gasteiger partial charge in [-0.1, -0.05) is 12.1 Å². The van der Waals surface area contributed by atoms with Crippen molar-refractivity contribution in [1.29, 1.82) is 0 Å². The van der Waals surface area contributed by atoms with Gasteiger partial charge in [-0.25, -0.2) is 4.98 Å². The summed E-state index contributed by atoms with van der Waals surface area (Å²) in [5, 5.41) is 3.43. The minimum absolute atomic E-state index is 0.265. The highest BCUT2D eigenvalue weighted by molar-refractivity contribution is 5.18. The summed E-state index contributed by atoms with van der Waals surface area (Å²) in [5.74, 6) is 0.638. The highest BCUT2D eigenvalue weighted by Crippen LogP contribution is 2.12. The maximum atomic E-state index is 5.02. The van der Waals surface area contributed by atoms with E-state index in [0.717, 1.165) is 12.1 Å². The number of ether oxygens (including phenoxy) is 1. The van der Waals surface area contributed by atoms with E-state index in [1.54, 1.807) is 13.3 Å². The zero-order valence-corrected chi connectivity index (χ0v) is 10.6. The van der Waals surface area contributed by atoms with Gasteiger partial charge in [0.15, 0.2) is 0 Å². The summed E-state index contributed by atoms with van der Waals surface area (Å²) < 4.78 is 5.02. The van der Waals surface area contributed by atoms with Crippen LogP contribution in [0.1, 0.15) is 24.1 Å². The van der Waals surface area contributed by atoms with Crippen LogP contribution in [0.15, 0.2) is 42.9 Å². The predicted molar refractivity (Wildman–Crippen MR) is 70.3 cm³/mol. The van der Waals surface area contributed by atoms with Crippen molar-refractivity contribution in [2.45, 2.75) is 19.5 Å². The molecule has 2 aromatic rings. The number of pyridine rings is 2. The number of hydrogen-bond acceptors (Lipinski definition) is 4. The van der Waals surface area contributed by atoms with Crippen molar-refractivity contribution in [3.05, 3.63) is 54.0 Å². The van der Waals surface area contributed by atoms with E-state index in [9.17, 15) is 0 Å². The Labute approximate surface area is 107 Å². The molecule has 0 radical (unpaired) electrons. The number of nitrogens with zero attached hydrogens (tertiary/aromatic N) is 2. The molecule has 0 aromatic carbocycles. The second-order valence-corrected chi connectivity index (χ2v) is 4.10. The molecule has 4 heteroatoms. The third-order valence-electron chi connectivity index (χ3n) is 2.80. The Balaban J connectivity index is 1.91. The number of methoxy groups -OCH3 is 1. The molecule has 1 N–H and O–H groups in total. The molecule has 2 heterocycles. The van der Waals surface area contributed by atoms with Crippen molar-refractivity contribution in [1.82, 2.24) is 15.3 Å². The quantitative estimate of drug-likeness (QED) is 0.875. The summed E-state index contributed by atoms with van der Waals surface area (Å²) in [4.78, 5) is 8.29. The SMILES string of the molecule is COc1ccc(CN[C@H](C)c2cccnc2)cn1.